The Morgan fingerprint density at radius 3 is 2.52 bits per heavy atom. The lowest BCUT2D eigenvalue weighted by atomic mass is 10.1. The van der Waals surface area contributed by atoms with Crippen molar-refractivity contribution in [2.75, 3.05) is 54.0 Å². The number of amides is 2. The summed E-state index contributed by atoms with van der Waals surface area (Å²) in [6, 6.07) is 5.55. The number of methoxy groups -OCH3 is 2. The topological polar surface area (TPSA) is 62.3 Å². The van der Waals surface area contributed by atoms with Crippen LogP contribution in [0.4, 0.5) is 0 Å². The zero-order valence-corrected chi connectivity index (χ0v) is 17.1. The van der Waals surface area contributed by atoms with Crippen LogP contribution in [-0.4, -0.2) is 85.8 Å². The average molecular weight is 394 g/mol. The van der Waals surface area contributed by atoms with E-state index in [1.807, 2.05) is 30.0 Å². The van der Waals surface area contributed by atoms with Crippen LogP contribution in [0.5, 0.6) is 11.5 Å². The van der Waals surface area contributed by atoms with E-state index >= 15 is 0 Å². The first-order valence-corrected chi connectivity index (χ1v) is 10.0. The lowest BCUT2D eigenvalue weighted by Gasteiger charge is -2.34. The largest absolute Gasteiger partial charge is 0.497 e. The van der Waals surface area contributed by atoms with Crippen molar-refractivity contribution in [3.05, 3.63) is 23.8 Å². The van der Waals surface area contributed by atoms with Crippen LogP contribution in [0.25, 0.3) is 0 Å². The van der Waals surface area contributed by atoms with Gasteiger partial charge in [0.2, 0.25) is 11.8 Å². The molecule has 2 fully saturated rings. The molecule has 2 amide bonds. The van der Waals surface area contributed by atoms with Gasteiger partial charge in [0.25, 0.3) is 0 Å². The van der Waals surface area contributed by atoms with Crippen LogP contribution in [0.15, 0.2) is 18.2 Å². The Kier molecular flexibility index (Phi) is 6.16. The number of nitrogens with zero attached hydrogens (tertiary/aromatic N) is 3. The molecular weight excluding hydrogens is 366 g/mol. The fraction of sp³-hybridized carbons (Fsp3) is 0.579. The van der Waals surface area contributed by atoms with Gasteiger partial charge in [-0.1, -0.05) is 0 Å². The van der Waals surface area contributed by atoms with Crippen LogP contribution in [0.1, 0.15) is 17.9 Å². The minimum Gasteiger partial charge on any atom is -0.497 e. The van der Waals surface area contributed by atoms with E-state index in [2.05, 4.69) is 11.9 Å². The Labute approximate surface area is 164 Å². The molecule has 2 aliphatic heterocycles. The average Bonchev–Trinajstić information content (AvgIpc) is 2.96. The van der Waals surface area contributed by atoms with Crippen LogP contribution < -0.4 is 9.47 Å². The zero-order valence-electron chi connectivity index (χ0n) is 16.3. The van der Waals surface area contributed by atoms with E-state index in [1.165, 1.54) is 11.8 Å². The molecule has 8 heteroatoms. The normalized spacial score (nSPS) is 23.6. The molecule has 0 unspecified atom stereocenters. The van der Waals surface area contributed by atoms with Gasteiger partial charge in [0, 0.05) is 31.7 Å². The van der Waals surface area contributed by atoms with E-state index in [0.29, 0.717) is 24.6 Å². The third kappa shape index (κ3) is 4.16. The third-order valence-electron chi connectivity index (χ3n) is 5.11. The molecule has 0 spiro atoms. The Morgan fingerprint density at radius 1 is 1.19 bits per heavy atom. The Hall–Kier alpha value is -1.93. The minimum absolute atomic E-state index is 0.00184. The first kappa shape index (κ1) is 19.8. The molecule has 1 aromatic rings. The predicted molar refractivity (Wildman–Crippen MR) is 105 cm³/mol. The SMILES string of the molecule is COc1ccc(OC)c([C@H]2S[C@@H](C)C(=O)N2CC(=O)N2CCN(C)CC2)c1. The van der Waals surface area contributed by atoms with E-state index < -0.39 is 0 Å². The fourth-order valence-electron chi connectivity index (χ4n) is 3.41. The van der Waals surface area contributed by atoms with Gasteiger partial charge in [-0.3, -0.25) is 9.59 Å². The smallest absolute Gasteiger partial charge is 0.242 e. The maximum Gasteiger partial charge on any atom is 0.242 e. The lowest BCUT2D eigenvalue weighted by Crippen LogP contribution is -2.50. The van der Waals surface area contributed by atoms with E-state index in [9.17, 15) is 9.59 Å². The van der Waals surface area contributed by atoms with Gasteiger partial charge in [-0.15, -0.1) is 11.8 Å². The summed E-state index contributed by atoms with van der Waals surface area (Å²) in [5.74, 6) is 1.37. The van der Waals surface area contributed by atoms with Crippen molar-refractivity contribution in [1.82, 2.24) is 14.7 Å². The van der Waals surface area contributed by atoms with Crippen LogP contribution in [0, 0.1) is 0 Å². The molecule has 0 radical (unpaired) electrons. The van der Waals surface area contributed by atoms with Crippen molar-refractivity contribution in [1.29, 1.82) is 0 Å². The summed E-state index contributed by atoms with van der Waals surface area (Å²) >= 11 is 1.53. The van der Waals surface area contributed by atoms with Gasteiger partial charge >= 0.3 is 0 Å². The number of ether oxygens (including phenoxy) is 2. The molecule has 1 aromatic carbocycles. The lowest BCUT2D eigenvalue weighted by molar-refractivity contribution is -0.140. The molecule has 0 aliphatic carbocycles. The second-order valence-corrected chi connectivity index (χ2v) is 8.31. The Morgan fingerprint density at radius 2 is 1.89 bits per heavy atom. The Bertz CT molecular complexity index is 706. The molecule has 2 aliphatic rings. The predicted octanol–water partition coefficient (Wildman–Crippen LogP) is 1.44. The van der Waals surface area contributed by atoms with E-state index in [4.69, 9.17) is 9.47 Å². The minimum atomic E-state index is -0.269. The molecule has 3 rings (SSSR count). The molecule has 148 valence electrons. The molecule has 2 heterocycles. The monoisotopic (exact) mass is 393 g/mol. The summed E-state index contributed by atoms with van der Waals surface area (Å²) in [6.07, 6.45) is 0. The fourth-order valence-corrected chi connectivity index (χ4v) is 4.70. The number of piperazine rings is 1. The second kappa shape index (κ2) is 8.39. The van der Waals surface area contributed by atoms with E-state index in [1.54, 1.807) is 19.1 Å². The van der Waals surface area contributed by atoms with E-state index in [-0.39, 0.29) is 29.0 Å². The van der Waals surface area contributed by atoms with Crippen LogP contribution in [0.2, 0.25) is 0 Å². The number of carbonyl (C=O) groups is 2. The van der Waals surface area contributed by atoms with Gasteiger partial charge in [-0.05, 0) is 32.2 Å². The third-order valence-corrected chi connectivity index (χ3v) is 6.49. The quantitative estimate of drug-likeness (QED) is 0.754. The highest BCUT2D eigenvalue weighted by atomic mass is 32.2. The summed E-state index contributed by atoms with van der Waals surface area (Å²) in [7, 11) is 5.26. The van der Waals surface area contributed by atoms with Gasteiger partial charge in [0.1, 0.15) is 23.4 Å². The molecule has 0 aromatic heterocycles. The summed E-state index contributed by atoms with van der Waals surface area (Å²) < 4.78 is 10.8. The number of hydrogen-bond acceptors (Lipinski definition) is 6. The Balaban J connectivity index is 1.82. The molecule has 0 saturated carbocycles. The van der Waals surface area contributed by atoms with Crippen molar-refractivity contribution in [3.8, 4) is 11.5 Å². The van der Waals surface area contributed by atoms with Gasteiger partial charge in [-0.25, -0.2) is 0 Å². The standard InChI is InChI=1S/C19H27N3O4S/c1-13-18(24)22(12-17(23)21-9-7-20(2)8-10-21)19(27-13)15-11-14(25-3)5-6-16(15)26-4/h5-6,11,13,19H,7-10,12H2,1-4H3/t13-,19+/m0/s1. The number of likely N-dealkylation sites (N-methyl/N-ethyl adjacent to an activating group) is 1. The molecule has 2 atom stereocenters. The van der Waals surface area contributed by atoms with Gasteiger partial charge in [-0.2, -0.15) is 0 Å². The molecular formula is C19H27N3O4S. The van der Waals surface area contributed by atoms with Crippen LogP contribution in [0.3, 0.4) is 0 Å². The maximum absolute atomic E-state index is 12.8. The van der Waals surface area contributed by atoms with Gasteiger partial charge in [0.15, 0.2) is 0 Å². The van der Waals surface area contributed by atoms with Crippen molar-refractivity contribution in [2.45, 2.75) is 17.5 Å². The van der Waals surface area contributed by atoms with Gasteiger partial charge < -0.3 is 24.2 Å². The number of benzene rings is 1. The van der Waals surface area contributed by atoms with Gasteiger partial charge in [0.05, 0.1) is 19.5 Å². The van der Waals surface area contributed by atoms with E-state index in [0.717, 1.165) is 18.7 Å². The van der Waals surface area contributed by atoms with Crippen molar-refractivity contribution in [2.24, 2.45) is 0 Å². The van der Waals surface area contributed by atoms with Crippen molar-refractivity contribution >= 4 is 23.6 Å². The number of rotatable bonds is 5. The maximum atomic E-state index is 12.8. The molecule has 0 bridgehead atoms. The highest BCUT2D eigenvalue weighted by Crippen LogP contribution is 2.46. The summed E-state index contributed by atoms with van der Waals surface area (Å²) in [5.41, 5.74) is 0.853. The first-order chi connectivity index (χ1) is 12.9. The molecule has 2 saturated heterocycles. The molecule has 7 nitrogen and oxygen atoms in total. The number of carbonyl (C=O) groups excluding carboxylic acids is 2. The van der Waals surface area contributed by atoms with Crippen molar-refractivity contribution in [3.63, 3.8) is 0 Å². The number of thioether (sulfide) groups is 1. The summed E-state index contributed by atoms with van der Waals surface area (Å²) in [5, 5.41) is -0.472. The molecule has 0 N–H and O–H groups in total. The molecule has 27 heavy (non-hydrogen) atoms. The second-order valence-electron chi connectivity index (χ2n) is 6.89. The zero-order chi connectivity index (χ0) is 19.6. The van der Waals surface area contributed by atoms with Crippen LogP contribution in [-0.2, 0) is 9.59 Å². The highest BCUT2D eigenvalue weighted by Gasteiger charge is 2.41. The summed E-state index contributed by atoms with van der Waals surface area (Å²) in [4.78, 5) is 31.3. The highest BCUT2D eigenvalue weighted by molar-refractivity contribution is 8.01. The first-order valence-electron chi connectivity index (χ1n) is 9.08. The summed E-state index contributed by atoms with van der Waals surface area (Å²) in [6.45, 7) is 5.09. The van der Waals surface area contributed by atoms with Crippen LogP contribution >= 0.6 is 11.8 Å². The number of hydrogen-bond donors (Lipinski definition) is 0. The van der Waals surface area contributed by atoms with Crippen molar-refractivity contribution < 1.29 is 19.1 Å².